The molecule has 1 aliphatic carbocycles. The van der Waals surface area contributed by atoms with E-state index in [1.807, 2.05) is 0 Å². The molecule has 0 saturated heterocycles. The first-order valence-electron chi connectivity index (χ1n) is 2.80. The second-order valence-corrected chi connectivity index (χ2v) is 2.86. The van der Waals surface area contributed by atoms with Crippen LogP contribution in [0.1, 0.15) is 6.42 Å². The fourth-order valence-electron chi connectivity index (χ4n) is 0.696. The molecule has 0 amide bonds. The van der Waals surface area contributed by atoms with Crippen molar-refractivity contribution in [3.63, 3.8) is 0 Å². The van der Waals surface area contributed by atoms with Crippen LogP contribution in [0.15, 0.2) is 22.8 Å². The SMILES string of the molecule is O=CC1=CC(Cl)=CCC1=S. The zero-order valence-corrected chi connectivity index (χ0v) is 6.71. The number of carbonyl (C=O) groups excluding carboxylic acids is 1. The molecule has 0 aromatic rings. The molecule has 0 saturated carbocycles. The van der Waals surface area contributed by atoms with Gasteiger partial charge in [0, 0.05) is 21.9 Å². The summed E-state index contributed by atoms with van der Waals surface area (Å²) in [5.41, 5.74) is 0.530. The molecular formula is C7H5ClOS. The molecule has 0 atom stereocenters. The van der Waals surface area contributed by atoms with Crippen LogP contribution in [0, 0.1) is 0 Å². The quantitative estimate of drug-likeness (QED) is 0.445. The van der Waals surface area contributed by atoms with Crippen LogP contribution in [-0.2, 0) is 4.79 Å². The first-order valence-corrected chi connectivity index (χ1v) is 3.58. The Kier molecular flexibility index (Phi) is 2.35. The molecule has 0 spiro atoms. The van der Waals surface area contributed by atoms with Crippen molar-refractivity contribution in [3.05, 3.63) is 22.8 Å². The van der Waals surface area contributed by atoms with E-state index in [2.05, 4.69) is 0 Å². The van der Waals surface area contributed by atoms with E-state index >= 15 is 0 Å². The molecule has 0 unspecified atom stereocenters. The minimum Gasteiger partial charge on any atom is -0.298 e. The number of halogens is 1. The Morgan fingerprint density at radius 1 is 1.70 bits per heavy atom. The molecule has 0 N–H and O–H groups in total. The van der Waals surface area contributed by atoms with Gasteiger partial charge in [-0.25, -0.2) is 0 Å². The summed E-state index contributed by atoms with van der Waals surface area (Å²) in [4.78, 5) is 10.9. The van der Waals surface area contributed by atoms with Crippen molar-refractivity contribution < 1.29 is 4.79 Å². The lowest BCUT2D eigenvalue weighted by molar-refractivity contribution is -0.104. The maximum atomic E-state index is 10.3. The molecule has 0 aliphatic heterocycles. The highest BCUT2D eigenvalue weighted by Crippen LogP contribution is 2.16. The van der Waals surface area contributed by atoms with Gasteiger partial charge < -0.3 is 0 Å². The molecule has 0 aromatic heterocycles. The van der Waals surface area contributed by atoms with Gasteiger partial charge in [0.2, 0.25) is 0 Å². The average Bonchev–Trinajstić information content (AvgIpc) is 1.94. The Morgan fingerprint density at radius 3 is 2.90 bits per heavy atom. The summed E-state index contributed by atoms with van der Waals surface area (Å²) >= 11 is 10.5. The highest BCUT2D eigenvalue weighted by molar-refractivity contribution is 7.81. The van der Waals surface area contributed by atoms with E-state index in [-0.39, 0.29) is 0 Å². The van der Waals surface area contributed by atoms with Crippen molar-refractivity contribution in [1.29, 1.82) is 0 Å². The maximum Gasteiger partial charge on any atom is 0.151 e. The van der Waals surface area contributed by atoms with Crippen molar-refractivity contribution in [3.8, 4) is 0 Å². The Labute approximate surface area is 69.4 Å². The molecule has 0 aromatic carbocycles. The lowest BCUT2D eigenvalue weighted by Gasteiger charge is -2.04. The summed E-state index contributed by atoms with van der Waals surface area (Å²) in [6.07, 6.45) is 4.72. The van der Waals surface area contributed by atoms with Crippen LogP contribution < -0.4 is 0 Å². The second kappa shape index (κ2) is 3.08. The summed E-state index contributed by atoms with van der Waals surface area (Å²) in [5, 5.41) is 0.593. The van der Waals surface area contributed by atoms with Crippen LogP contribution in [0.5, 0.6) is 0 Å². The molecule has 0 heterocycles. The zero-order valence-electron chi connectivity index (χ0n) is 5.13. The summed E-state index contributed by atoms with van der Waals surface area (Å²) in [5.74, 6) is 0. The van der Waals surface area contributed by atoms with Crippen LogP contribution in [0.3, 0.4) is 0 Å². The van der Waals surface area contributed by atoms with Crippen molar-refractivity contribution >= 4 is 35.0 Å². The molecular weight excluding hydrogens is 168 g/mol. The van der Waals surface area contributed by atoms with E-state index in [4.69, 9.17) is 23.8 Å². The number of aldehydes is 1. The van der Waals surface area contributed by atoms with Gasteiger partial charge in [0.05, 0.1) is 0 Å². The monoisotopic (exact) mass is 172 g/mol. The first kappa shape index (κ1) is 7.63. The normalized spacial score (nSPS) is 17.9. The van der Waals surface area contributed by atoms with Gasteiger partial charge in [0.25, 0.3) is 0 Å². The minimum absolute atomic E-state index is 0.530. The number of carbonyl (C=O) groups is 1. The number of allylic oxidation sites excluding steroid dienone is 4. The Hall–Kier alpha value is -0.470. The molecule has 3 heteroatoms. The minimum atomic E-state index is 0.530. The van der Waals surface area contributed by atoms with Gasteiger partial charge in [-0.2, -0.15) is 0 Å². The van der Waals surface area contributed by atoms with Crippen molar-refractivity contribution in [2.45, 2.75) is 6.42 Å². The molecule has 0 bridgehead atoms. The summed E-state index contributed by atoms with van der Waals surface area (Å²) in [6.45, 7) is 0. The molecule has 10 heavy (non-hydrogen) atoms. The smallest absolute Gasteiger partial charge is 0.151 e. The predicted molar refractivity (Wildman–Crippen MR) is 45.3 cm³/mol. The van der Waals surface area contributed by atoms with E-state index in [0.717, 1.165) is 6.29 Å². The van der Waals surface area contributed by atoms with Crippen LogP contribution in [-0.4, -0.2) is 11.2 Å². The van der Waals surface area contributed by atoms with Crippen LogP contribution >= 0.6 is 23.8 Å². The number of rotatable bonds is 1. The van der Waals surface area contributed by atoms with Gasteiger partial charge in [-0.15, -0.1) is 0 Å². The third-order valence-corrected chi connectivity index (χ3v) is 1.89. The molecule has 0 radical (unpaired) electrons. The van der Waals surface area contributed by atoms with Gasteiger partial charge in [0.15, 0.2) is 6.29 Å². The van der Waals surface area contributed by atoms with Gasteiger partial charge in [-0.1, -0.05) is 29.9 Å². The van der Waals surface area contributed by atoms with Crippen molar-refractivity contribution in [2.24, 2.45) is 0 Å². The average molecular weight is 173 g/mol. The lowest BCUT2D eigenvalue weighted by Crippen LogP contribution is -2.03. The highest BCUT2D eigenvalue weighted by Gasteiger charge is 2.07. The highest BCUT2D eigenvalue weighted by atomic mass is 35.5. The first-order chi connectivity index (χ1) is 4.74. The summed E-state index contributed by atoms with van der Waals surface area (Å²) < 4.78 is 0. The molecule has 1 nitrogen and oxygen atoms in total. The molecule has 0 fully saturated rings. The van der Waals surface area contributed by atoms with Crippen LogP contribution in [0.4, 0.5) is 0 Å². The lowest BCUT2D eigenvalue weighted by atomic mass is 10.1. The van der Waals surface area contributed by atoms with Crippen molar-refractivity contribution in [2.75, 3.05) is 0 Å². The number of hydrogen-bond donors (Lipinski definition) is 0. The van der Waals surface area contributed by atoms with Gasteiger partial charge in [-0.3, -0.25) is 4.79 Å². The molecule has 1 rings (SSSR count). The van der Waals surface area contributed by atoms with Crippen LogP contribution in [0.2, 0.25) is 0 Å². The van der Waals surface area contributed by atoms with E-state index in [9.17, 15) is 4.79 Å². The fraction of sp³-hybridized carbons (Fsp3) is 0.143. The Balaban J connectivity index is 2.94. The third kappa shape index (κ3) is 1.52. The van der Waals surface area contributed by atoms with Crippen LogP contribution in [0.25, 0.3) is 0 Å². The largest absolute Gasteiger partial charge is 0.298 e. The summed E-state index contributed by atoms with van der Waals surface area (Å²) in [7, 11) is 0. The van der Waals surface area contributed by atoms with Gasteiger partial charge in [0.1, 0.15) is 0 Å². The van der Waals surface area contributed by atoms with Crippen molar-refractivity contribution in [1.82, 2.24) is 0 Å². The predicted octanol–water partition coefficient (Wildman–Crippen LogP) is 2.01. The zero-order chi connectivity index (χ0) is 7.56. The van der Waals surface area contributed by atoms with E-state index in [0.29, 0.717) is 21.9 Å². The fourth-order valence-corrected chi connectivity index (χ4v) is 1.08. The molecule has 52 valence electrons. The van der Waals surface area contributed by atoms with E-state index in [1.165, 1.54) is 0 Å². The standard InChI is InChI=1S/C7H5ClOS/c8-6-1-2-7(10)5(3-6)4-9/h1,3-4H,2H2. The molecule has 1 aliphatic rings. The summed E-state index contributed by atoms with van der Waals surface area (Å²) in [6, 6.07) is 0. The third-order valence-electron chi connectivity index (χ3n) is 1.22. The van der Waals surface area contributed by atoms with Gasteiger partial charge in [-0.05, 0) is 6.08 Å². The number of hydrogen-bond acceptors (Lipinski definition) is 2. The second-order valence-electron chi connectivity index (χ2n) is 1.93. The topological polar surface area (TPSA) is 17.1 Å². The maximum absolute atomic E-state index is 10.3. The van der Waals surface area contributed by atoms with E-state index in [1.54, 1.807) is 12.2 Å². The Morgan fingerprint density at radius 2 is 2.40 bits per heavy atom. The Bertz CT molecular complexity index is 240. The number of thiocarbonyl (C=S) groups is 1. The van der Waals surface area contributed by atoms with E-state index < -0.39 is 0 Å². The van der Waals surface area contributed by atoms with Gasteiger partial charge >= 0.3 is 0 Å².